The third-order valence-corrected chi connectivity index (χ3v) is 3.02. The summed E-state index contributed by atoms with van der Waals surface area (Å²) in [6.07, 6.45) is 0. The Bertz CT molecular complexity index is 111. The molecule has 0 atom stereocenters. The van der Waals surface area contributed by atoms with Crippen LogP contribution in [-0.4, -0.2) is 35.6 Å². The normalized spacial score (nSPS) is 13.1. The van der Waals surface area contributed by atoms with Gasteiger partial charge in [0, 0.05) is 0 Å². The number of rotatable bonds is 1. The lowest BCUT2D eigenvalue weighted by molar-refractivity contribution is -0.954. The molecule has 0 spiro atoms. The largest absolute Gasteiger partial charge is 0.870 e. The molecule has 0 aromatic rings. The molecular weight excluding hydrogens is 138 g/mol. The molecule has 2 heteroatoms. The lowest BCUT2D eigenvalue weighted by Crippen LogP contribution is -2.58. The molecule has 0 amide bonds. The van der Waals surface area contributed by atoms with Crippen molar-refractivity contribution in [3.63, 3.8) is 0 Å². The van der Waals surface area contributed by atoms with Crippen molar-refractivity contribution in [3.8, 4) is 0 Å². The maximum absolute atomic E-state index is 2.28. The molecule has 0 unspecified atom stereocenters. The standard InChI is InChI=1S/C9H22N.H2O/c1-8(2)10(6,7)9(3,4)5;/h8H,1-7H3;1H2/q+1;/p-1. The van der Waals surface area contributed by atoms with Gasteiger partial charge in [0.2, 0.25) is 0 Å². The van der Waals surface area contributed by atoms with E-state index in [0.717, 1.165) is 4.48 Å². The lowest BCUT2D eigenvalue weighted by Gasteiger charge is -2.45. The highest BCUT2D eigenvalue weighted by molar-refractivity contribution is 4.61. The van der Waals surface area contributed by atoms with E-state index in [9.17, 15) is 0 Å². The lowest BCUT2D eigenvalue weighted by atomic mass is 10.0. The molecule has 2 nitrogen and oxygen atoms in total. The molecule has 0 fully saturated rings. The summed E-state index contributed by atoms with van der Waals surface area (Å²) in [5.41, 5.74) is 0.355. The first-order valence-corrected chi connectivity index (χ1v) is 4.03. The molecule has 0 aliphatic heterocycles. The van der Waals surface area contributed by atoms with Crippen LogP contribution >= 0.6 is 0 Å². The van der Waals surface area contributed by atoms with E-state index in [1.807, 2.05) is 0 Å². The molecule has 0 aromatic heterocycles. The Balaban J connectivity index is 0. The second-order valence-corrected chi connectivity index (χ2v) is 4.80. The monoisotopic (exact) mass is 161 g/mol. The Kier molecular flexibility index (Phi) is 4.35. The minimum atomic E-state index is 0. The average molecular weight is 161 g/mol. The van der Waals surface area contributed by atoms with Crippen molar-refractivity contribution in [3.05, 3.63) is 0 Å². The minimum Gasteiger partial charge on any atom is -0.870 e. The average Bonchev–Trinajstić information content (AvgIpc) is 1.62. The first-order chi connectivity index (χ1) is 4.19. The summed E-state index contributed by atoms with van der Waals surface area (Å²) in [5.74, 6) is 0. The molecule has 0 rings (SSSR count). The van der Waals surface area contributed by atoms with Gasteiger partial charge in [-0.2, -0.15) is 0 Å². The molecule has 0 saturated heterocycles. The molecule has 0 heterocycles. The van der Waals surface area contributed by atoms with E-state index in [4.69, 9.17) is 0 Å². The third-order valence-electron chi connectivity index (χ3n) is 3.02. The SMILES string of the molecule is CC(C)[N+](C)(C)C(C)(C)C.[OH-]. The van der Waals surface area contributed by atoms with Crippen molar-refractivity contribution in [1.29, 1.82) is 0 Å². The fourth-order valence-electron chi connectivity index (χ4n) is 0.775. The Morgan fingerprint density at radius 1 is 1.00 bits per heavy atom. The predicted octanol–water partition coefficient (Wildman–Crippen LogP) is 2.09. The van der Waals surface area contributed by atoms with Gasteiger partial charge in [-0.3, -0.25) is 0 Å². The highest BCUT2D eigenvalue weighted by Crippen LogP contribution is 2.22. The second-order valence-electron chi connectivity index (χ2n) is 4.80. The Morgan fingerprint density at radius 2 is 1.27 bits per heavy atom. The third kappa shape index (κ3) is 2.80. The van der Waals surface area contributed by atoms with E-state index in [2.05, 4.69) is 48.7 Å². The molecule has 0 aliphatic carbocycles. The summed E-state index contributed by atoms with van der Waals surface area (Å²) in [6, 6.07) is 0.694. The van der Waals surface area contributed by atoms with Crippen LogP contribution in [0.1, 0.15) is 34.6 Å². The summed E-state index contributed by atoms with van der Waals surface area (Å²) in [5, 5.41) is 0. The zero-order valence-electron chi connectivity index (χ0n) is 8.97. The number of nitrogens with zero attached hydrogens (tertiary/aromatic N) is 1. The first kappa shape index (κ1) is 13.5. The summed E-state index contributed by atoms with van der Waals surface area (Å²) in [6.45, 7) is 11.4. The van der Waals surface area contributed by atoms with Crippen molar-refractivity contribution in [2.45, 2.75) is 46.2 Å². The fraction of sp³-hybridized carbons (Fsp3) is 1.00. The molecule has 0 bridgehead atoms. The molecule has 0 saturated carbocycles. The zero-order valence-corrected chi connectivity index (χ0v) is 8.97. The van der Waals surface area contributed by atoms with Crippen LogP contribution in [0.4, 0.5) is 0 Å². The maximum Gasteiger partial charge on any atom is 0.0905 e. The van der Waals surface area contributed by atoms with Crippen LogP contribution in [-0.2, 0) is 0 Å². The van der Waals surface area contributed by atoms with Gasteiger partial charge in [-0.15, -0.1) is 0 Å². The topological polar surface area (TPSA) is 30.0 Å². The van der Waals surface area contributed by atoms with Crippen molar-refractivity contribution < 1.29 is 9.96 Å². The molecule has 0 aromatic carbocycles. The molecule has 0 radical (unpaired) electrons. The van der Waals surface area contributed by atoms with Crippen LogP contribution in [0.2, 0.25) is 0 Å². The first-order valence-electron chi connectivity index (χ1n) is 4.03. The van der Waals surface area contributed by atoms with E-state index in [1.54, 1.807) is 0 Å². The highest BCUT2D eigenvalue weighted by Gasteiger charge is 2.33. The van der Waals surface area contributed by atoms with Crippen LogP contribution in [0, 0.1) is 0 Å². The minimum absolute atomic E-state index is 0. The molecule has 70 valence electrons. The zero-order chi connectivity index (χ0) is 8.58. The second kappa shape index (κ2) is 3.55. The smallest absolute Gasteiger partial charge is 0.0905 e. The van der Waals surface area contributed by atoms with E-state index in [0.29, 0.717) is 11.6 Å². The van der Waals surface area contributed by atoms with E-state index in [1.165, 1.54) is 0 Å². The quantitative estimate of drug-likeness (QED) is 0.542. The van der Waals surface area contributed by atoms with Crippen molar-refractivity contribution in [2.24, 2.45) is 0 Å². The Hall–Kier alpha value is -0.0800. The molecular formula is C9H23NO. The van der Waals surface area contributed by atoms with Crippen LogP contribution in [0.15, 0.2) is 0 Å². The van der Waals surface area contributed by atoms with Gasteiger partial charge in [-0.1, -0.05) is 0 Å². The van der Waals surface area contributed by atoms with Crippen molar-refractivity contribution >= 4 is 0 Å². The molecule has 11 heavy (non-hydrogen) atoms. The van der Waals surface area contributed by atoms with Gasteiger partial charge in [0.1, 0.15) is 0 Å². The van der Waals surface area contributed by atoms with Crippen LogP contribution < -0.4 is 0 Å². The molecule has 0 aliphatic rings. The number of hydrogen-bond acceptors (Lipinski definition) is 1. The van der Waals surface area contributed by atoms with Gasteiger partial charge in [-0.25, -0.2) is 0 Å². The number of quaternary nitrogens is 1. The van der Waals surface area contributed by atoms with Gasteiger partial charge >= 0.3 is 0 Å². The van der Waals surface area contributed by atoms with Gasteiger partial charge in [0.15, 0.2) is 0 Å². The van der Waals surface area contributed by atoms with Crippen LogP contribution in [0.3, 0.4) is 0 Å². The maximum atomic E-state index is 2.28. The summed E-state index contributed by atoms with van der Waals surface area (Å²) in [4.78, 5) is 0. The van der Waals surface area contributed by atoms with Crippen LogP contribution in [0.25, 0.3) is 0 Å². The Morgan fingerprint density at radius 3 is 1.27 bits per heavy atom. The molecule has 1 N–H and O–H groups in total. The van der Waals surface area contributed by atoms with Gasteiger partial charge in [-0.05, 0) is 34.6 Å². The predicted molar refractivity (Wildman–Crippen MR) is 48.9 cm³/mol. The van der Waals surface area contributed by atoms with Crippen molar-refractivity contribution in [2.75, 3.05) is 14.1 Å². The van der Waals surface area contributed by atoms with E-state index < -0.39 is 0 Å². The highest BCUT2D eigenvalue weighted by atomic mass is 16.0. The van der Waals surface area contributed by atoms with Gasteiger partial charge in [0.05, 0.1) is 25.7 Å². The summed E-state index contributed by atoms with van der Waals surface area (Å²) in [7, 11) is 4.56. The Labute approximate surface area is 71.1 Å². The number of hydrogen-bond donors (Lipinski definition) is 0. The summed E-state index contributed by atoms with van der Waals surface area (Å²) < 4.78 is 1.08. The van der Waals surface area contributed by atoms with Crippen LogP contribution in [0.5, 0.6) is 0 Å². The van der Waals surface area contributed by atoms with E-state index >= 15 is 0 Å². The fourth-order valence-corrected chi connectivity index (χ4v) is 0.775. The van der Waals surface area contributed by atoms with Crippen molar-refractivity contribution in [1.82, 2.24) is 0 Å². The van der Waals surface area contributed by atoms with Gasteiger partial charge in [0.25, 0.3) is 0 Å². The summed E-state index contributed by atoms with van der Waals surface area (Å²) >= 11 is 0. The van der Waals surface area contributed by atoms with Gasteiger partial charge < -0.3 is 9.96 Å². The van der Waals surface area contributed by atoms with E-state index in [-0.39, 0.29) is 5.48 Å².